The highest BCUT2D eigenvalue weighted by Crippen LogP contribution is 2.36. The molecule has 1 saturated heterocycles. The first-order chi connectivity index (χ1) is 17.0. The summed E-state index contributed by atoms with van der Waals surface area (Å²) < 4.78 is 2.28. The van der Waals surface area contributed by atoms with Gasteiger partial charge in [-0.05, 0) is 59.9 Å². The van der Waals surface area contributed by atoms with Gasteiger partial charge < -0.3 is 4.57 Å². The molecule has 1 unspecified atom stereocenters. The minimum Gasteiger partial charge on any atom is -0.343 e. The summed E-state index contributed by atoms with van der Waals surface area (Å²) in [7, 11) is 2.13. The van der Waals surface area contributed by atoms with Gasteiger partial charge in [-0.2, -0.15) is 12.6 Å². The molecule has 4 aromatic rings. The van der Waals surface area contributed by atoms with Crippen molar-refractivity contribution in [2.75, 3.05) is 26.2 Å². The third kappa shape index (κ3) is 5.58. The summed E-state index contributed by atoms with van der Waals surface area (Å²) in [5.74, 6) is 0. The molecule has 0 amide bonds. The maximum Gasteiger partial charge on any atom is 0.0531 e. The molecule has 1 atom stereocenters. The molecule has 3 aromatic carbocycles. The summed E-state index contributed by atoms with van der Waals surface area (Å²) in [5, 5.41) is 2.96. The van der Waals surface area contributed by atoms with E-state index in [4.69, 9.17) is 35.8 Å². The minimum absolute atomic E-state index is 0.224. The van der Waals surface area contributed by atoms with Crippen molar-refractivity contribution >= 4 is 46.7 Å². The summed E-state index contributed by atoms with van der Waals surface area (Å²) in [6, 6.07) is 25.0. The van der Waals surface area contributed by atoms with E-state index in [0.29, 0.717) is 0 Å². The number of fused-ring (bicyclic) bond motifs is 1. The highest BCUT2D eigenvalue weighted by molar-refractivity contribution is 7.80. The van der Waals surface area contributed by atoms with Crippen LogP contribution in [0.3, 0.4) is 0 Å². The van der Waals surface area contributed by atoms with Crippen LogP contribution in [-0.4, -0.2) is 45.9 Å². The third-order valence-corrected chi connectivity index (χ3v) is 8.19. The molecular formula is C29H31Cl2N3S. The van der Waals surface area contributed by atoms with Crippen LogP contribution in [0, 0.1) is 0 Å². The van der Waals surface area contributed by atoms with Crippen LogP contribution < -0.4 is 0 Å². The van der Waals surface area contributed by atoms with E-state index in [-0.39, 0.29) is 5.37 Å². The number of nitrogens with zero attached hydrogens (tertiary/aromatic N) is 3. The molecule has 0 saturated carbocycles. The zero-order valence-electron chi connectivity index (χ0n) is 20.0. The van der Waals surface area contributed by atoms with Crippen molar-refractivity contribution in [1.82, 2.24) is 14.4 Å². The number of halogens is 2. The fourth-order valence-corrected chi connectivity index (χ4v) is 5.90. The number of thiol groups is 1. The number of aromatic nitrogens is 1. The van der Waals surface area contributed by atoms with Crippen LogP contribution in [0.1, 0.15) is 17.5 Å². The van der Waals surface area contributed by atoms with Gasteiger partial charge >= 0.3 is 0 Å². The topological polar surface area (TPSA) is 11.4 Å². The molecule has 182 valence electrons. The van der Waals surface area contributed by atoms with E-state index in [1.807, 2.05) is 18.2 Å². The van der Waals surface area contributed by atoms with Crippen LogP contribution >= 0.6 is 35.8 Å². The minimum atomic E-state index is 0.224. The number of rotatable bonds is 7. The van der Waals surface area contributed by atoms with E-state index >= 15 is 0 Å². The molecule has 0 N–H and O–H groups in total. The number of hydrogen-bond acceptors (Lipinski definition) is 3. The standard InChI is InChI=1S/C29H31Cl2N3S/c1-32-27-13-11-24(31)19-26(27)25(29(32)22-7-9-23(30)10-8-22)12-14-28(35)34-17-15-33(16-18-34)20-21-5-3-2-4-6-21/h2-11,13,19,28,35H,12,14-18,20H2,1H3. The van der Waals surface area contributed by atoms with Crippen molar-refractivity contribution in [3.8, 4) is 11.3 Å². The van der Waals surface area contributed by atoms with Gasteiger partial charge in [0.1, 0.15) is 0 Å². The van der Waals surface area contributed by atoms with Crippen LogP contribution in [0.5, 0.6) is 0 Å². The molecule has 0 radical (unpaired) electrons. The fraction of sp³-hybridized carbons (Fsp3) is 0.310. The van der Waals surface area contributed by atoms with Gasteiger partial charge in [-0.15, -0.1) is 0 Å². The normalized spacial score (nSPS) is 16.1. The van der Waals surface area contributed by atoms with Crippen molar-refractivity contribution in [2.24, 2.45) is 7.05 Å². The molecule has 1 aliphatic heterocycles. The first-order valence-electron chi connectivity index (χ1n) is 12.2. The largest absolute Gasteiger partial charge is 0.343 e. The van der Waals surface area contributed by atoms with E-state index in [0.717, 1.165) is 55.6 Å². The van der Waals surface area contributed by atoms with Gasteiger partial charge in [0.2, 0.25) is 0 Å². The second-order valence-corrected chi connectivity index (χ2v) is 10.8. The molecular weight excluding hydrogens is 493 g/mol. The molecule has 5 rings (SSSR count). The SMILES string of the molecule is Cn1c(-c2ccc(Cl)cc2)c(CCC(S)N2CCN(Cc3ccccc3)CC2)c2cc(Cl)ccc21. The van der Waals surface area contributed by atoms with Crippen molar-refractivity contribution < 1.29 is 0 Å². The van der Waals surface area contributed by atoms with Gasteiger partial charge in [-0.25, -0.2) is 0 Å². The Morgan fingerprint density at radius 2 is 1.54 bits per heavy atom. The number of benzene rings is 3. The fourth-order valence-electron chi connectivity index (χ4n) is 5.24. The van der Waals surface area contributed by atoms with Gasteiger partial charge in [0, 0.05) is 60.7 Å². The Bertz CT molecular complexity index is 1280. The zero-order valence-corrected chi connectivity index (χ0v) is 22.4. The first kappa shape index (κ1) is 24.7. The monoisotopic (exact) mass is 523 g/mol. The Morgan fingerprint density at radius 3 is 2.26 bits per heavy atom. The predicted molar refractivity (Wildman–Crippen MR) is 153 cm³/mol. The van der Waals surface area contributed by atoms with Gasteiger partial charge in [-0.3, -0.25) is 9.80 Å². The highest BCUT2D eigenvalue weighted by Gasteiger charge is 2.23. The lowest BCUT2D eigenvalue weighted by Crippen LogP contribution is -2.48. The molecule has 0 bridgehead atoms. The average molecular weight is 525 g/mol. The quantitative estimate of drug-likeness (QED) is 0.258. The van der Waals surface area contributed by atoms with Crippen LogP contribution in [0.25, 0.3) is 22.2 Å². The van der Waals surface area contributed by atoms with Crippen LogP contribution in [0.15, 0.2) is 72.8 Å². The molecule has 6 heteroatoms. The molecule has 0 spiro atoms. The molecule has 1 aromatic heterocycles. The molecule has 1 fully saturated rings. The summed E-state index contributed by atoms with van der Waals surface area (Å²) >= 11 is 17.6. The first-order valence-corrected chi connectivity index (χ1v) is 13.5. The third-order valence-electron chi connectivity index (χ3n) is 7.11. The summed E-state index contributed by atoms with van der Waals surface area (Å²) in [5.41, 5.74) is 6.30. The number of piperazine rings is 1. The molecule has 2 heterocycles. The van der Waals surface area contributed by atoms with Crippen molar-refractivity contribution in [1.29, 1.82) is 0 Å². The van der Waals surface area contributed by atoms with E-state index < -0.39 is 0 Å². The van der Waals surface area contributed by atoms with E-state index in [1.165, 1.54) is 33.3 Å². The van der Waals surface area contributed by atoms with Crippen molar-refractivity contribution in [3.05, 3.63) is 94.0 Å². The predicted octanol–water partition coefficient (Wildman–Crippen LogP) is 7.16. The lowest BCUT2D eigenvalue weighted by molar-refractivity contribution is 0.117. The van der Waals surface area contributed by atoms with Gasteiger partial charge in [0.25, 0.3) is 0 Å². The van der Waals surface area contributed by atoms with E-state index in [1.54, 1.807) is 0 Å². The van der Waals surface area contributed by atoms with Gasteiger partial charge in [-0.1, -0.05) is 65.7 Å². The maximum absolute atomic E-state index is 6.42. The Labute approximate surface area is 223 Å². The summed E-state index contributed by atoms with van der Waals surface area (Å²) in [6.07, 6.45) is 1.92. The average Bonchev–Trinajstić information content (AvgIpc) is 3.14. The summed E-state index contributed by atoms with van der Waals surface area (Å²) in [4.78, 5) is 5.06. The Morgan fingerprint density at radius 1 is 0.857 bits per heavy atom. The Kier molecular flexibility index (Phi) is 7.76. The highest BCUT2D eigenvalue weighted by atomic mass is 35.5. The van der Waals surface area contributed by atoms with Crippen molar-refractivity contribution in [2.45, 2.75) is 24.8 Å². The Balaban J connectivity index is 1.30. The molecule has 0 aliphatic carbocycles. The second kappa shape index (κ2) is 11.0. The lowest BCUT2D eigenvalue weighted by atomic mass is 10.0. The van der Waals surface area contributed by atoms with Crippen LogP contribution in [0.2, 0.25) is 10.0 Å². The smallest absolute Gasteiger partial charge is 0.0531 e. The number of hydrogen-bond donors (Lipinski definition) is 1. The van der Waals surface area contributed by atoms with Crippen LogP contribution in [0.4, 0.5) is 0 Å². The summed E-state index contributed by atoms with van der Waals surface area (Å²) in [6.45, 7) is 5.27. The Hall–Kier alpha value is -1.95. The van der Waals surface area contributed by atoms with E-state index in [9.17, 15) is 0 Å². The maximum atomic E-state index is 6.42. The molecule has 1 aliphatic rings. The number of aryl methyl sites for hydroxylation is 2. The molecule has 35 heavy (non-hydrogen) atoms. The van der Waals surface area contributed by atoms with E-state index in [2.05, 4.69) is 76.0 Å². The molecule has 3 nitrogen and oxygen atoms in total. The lowest BCUT2D eigenvalue weighted by Gasteiger charge is -2.37. The second-order valence-electron chi connectivity index (χ2n) is 9.37. The zero-order chi connectivity index (χ0) is 24.4. The van der Waals surface area contributed by atoms with Crippen LogP contribution in [-0.2, 0) is 20.0 Å². The van der Waals surface area contributed by atoms with Gasteiger partial charge in [0.05, 0.1) is 11.1 Å². The van der Waals surface area contributed by atoms with Gasteiger partial charge in [0.15, 0.2) is 0 Å². The van der Waals surface area contributed by atoms with Crippen molar-refractivity contribution in [3.63, 3.8) is 0 Å².